The number of amides is 1. The van der Waals surface area contributed by atoms with Crippen LogP contribution in [-0.2, 0) is 19.1 Å². The monoisotopic (exact) mass is 243 g/mol. The van der Waals surface area contributed by atoms with E-state index in [1.54, 1.807) is 12.0 Å². The fourth-order valence-electron chi connectivity index (χ4n) is 2.12. The number of likely N-dealkylation sites (tertiary alicyclic amines) is 1. The van der Waals surface area contributed by atoms with Crippen LogP contribution < -0.4 is 0 Å². The number of piperidine rings is 1. The van der Waals surface area contributed by atoms with Gasteiger partial charge in [0.1, 0.15) is 6.04 Å². The molecule has 1 aliphatic rings. The summed E-state index contributed by atoms with van der Waals surface area (Å²) >= 11 is 0. The summed E-state index contributed by atoms with van der Waals surface area (Å²) in [5.74, 6) is -0.276. The maximum atomic E-state index is 12.0. The fraction of sp³-hybridized carbons (Fsp3) is 0.833. The van der Waals surface area contributed by atoms with Crippen molar-refractivity contribution in [1.82, 2.24) is 4.90 Å². The molecule has 0 radical (unpaired) electrons. The molecule has 0 aromatic heterocycles. The third-order valence-corrected chi connectivity index (χ3v) is 3.04. The largest absolute Gasteiger partial charge is 0.467 e. The quantitative estimate of drug-likeness (QED) is 0.533. The van der Waals surface area contributed by atoms with Gasteiger partial charge in [0.25, 0.3) is 0 Å². The second-order valence-corrected chi connectivity index (χ2v) is 4.22. The number of carbonyl (C=O) groups excluding carboxylic acids is 2. The number of rotatable bonds is 5. The highest BCUT2D eigenvalue weighted by Crippen LogP contribution is 2.19. The molecule has 1 atom stereocenters. The molecule has 1 heterocycles. The first-order chi connectivity index (χ1) is 8.20. The van der Waals surface area contributed by atoms with Gasteiger partial charge in [0.2, 0.25) is 5.91 Å². The summed E-state index contributed by atoms with van der Waals surface area (Å²) in [6.07, 6.45) is 3.77. The lowest BCUT2D eigenvalue weighted by Gasteiger charge is -2.33. The van der Waals surface area contributed by atoms with Crippen LogP contribution in [0, 0.1) is 0 Å². The Hall–Kier alpha value is -1.10. The molecular formula is C12H21NO4. The lowest BCUT2D eigenvalue weighted by molar-refractivity contribution is -0.154. The van der Waals surface area contributed by atoms with E-state index in [9.17, 15) is 9.59 Å². The summed E-state index contributed by atoms with van der Waals surface area (Å²) in [6.45, 7) is 1.23. The first-order valence-corrected chi connectivity index (χ1v) is 6.07. The minimum atomic E-state index is -0.385. The summed E-state index contributed by atoms with van der Waals surface area (Å²) in [5, 5.41) is 0. The van der Waals surface area contributed by atoms with Crippen LogP contribution in [0.3, 0.4) is 0 Å². The Morgan fingerprint density at radius 2 is 2.06 bits per heavy atom. The van der Waals surface area contributed by atoms with Gasteiger partial charge in [-0.3, -0.25) is 4.79 Å². The summed E-state index contributed by atoms with van der Waals surface area (Å²) in [5.41, 5.74) is 0. The third kappa shape index (κ3) is 4.00. The highest BCUT2D eigenvalue weighted by Gasteiger charge is 2.32. The van der Waals surface area contributed by atoms with Crippen molar-refractivity contribution >= 4 is 11.9 Å². The third-order valence-electron chi connectivity index (χ3n) is 3.04. The van der Waals surface area contributed by atoms with Gasteiger partial charge in [-0.05, 0) is 25.7 Å². The Bertz CT molecular complexity index is 267. The van der Waals surface area contributed by atoms with Crippen LogP contribution in [0.25, 0.3) is 0 Å². The van der Waals surface area contributed by atoms with Crippen LogP contribution in [0.15, 0.2) is 0 Å². The van der Waals surface area contributed by atoms with Gasteiger partial charge < -0.3 is 14.4 Å². The number of hydrogen-bond donors (Lipinski definition) is 0. The minimum absolute atomic E-state index is 0.0251. The Morgan fingerprint density at radius 1 is 1.29 bits per heavy atom. The maximum Gasteiger partial charge on any atom is 0.328 e. The molecule has 1 fully saturated rings. The number of ether oxygens (including phenoxy) is 2. The Morgan fingerprint density at radius 3 is 2.71 bits per heavy atom. The zero-order valence-corrected chi connectivity index (χ0v) is 10.6. The van der Waals surface area contributed by atoms with Crippen molar-refractivity contribution in [3.63, 3.8) is 0 Å². The predicted octanol–water partition coefficient (Wildman–Crippen LogP) is 0.967. The zero-order chi connectivity index (χ0) is 12.7. The summed E-state index contributed by atoms with van der Waals surface area (Å²) in [6, 6.07) is -0.385. The van der Waals surface area contributed by atoms with Crippen molar-refractivity contribution in [3.05, 3.63) is 0 Å². The van der Waals surface area contributed by atoms with Crippen molar-refractivity contribution in [2.75, 3.05) is 27.4 Å². The molecule has 1 rings (SSSR count). The Balaban J connectivity index is 2.52. The number of carbonyl (C=O) groups is 2. The molecule has 0 aromatic rings. The molecule has 0 spiro atoms. The second-order valence-electron chi connectivity index (χ2n) is 4.22. The van der Waals surface area contributed by atoms with Crippen molar-refractivity contribution < 1.29 is 19.1 Å². The van der Waals surface area contributed by atoms with Gasteiger partial charge in [0.05, 0.1) is 7.11 Å². The molecule has 98 valence electrons. The smallest absolute Gasteiger partial charge is 0.328 e. The normalized spacial score (nSPS) is 20.1. The number of methoxy groups -OCH3 is 2. The van der Waals surface area contributed by atoms with Crippen LogP contribution >= 0.6 is 0 Å². The molecule has 1 aliphatic heterocycles. The van der Waals surface area contributed by atoms with E-state index in [4.69, 9.17) is 9.47 Å². The summed E-state index contributed by atoms with van der Waals surface area (Å²) in [7, 11) is 2.98. The van der Waals surface area contributed by atoms with E-state index >= 15 is 0 Å². The predicted molar refractivity (Wildman–Crippen MR) is 62.5 cm³/mol. The van der Waals surface area contributed by atoms with E-state index in [1.807, 2.05) is 0 Å². The molecule has 0 aromatic carbocycles. The average molecular weight is 243 g/mol. The Labute approximate surface area is 102 Å². The number of hydrogen-bond acceptors (Lipinski definition) is 4. The van der Waals surface area contributed by atoms with Gasteiger partial charge in [-0.15, -0.1) is 0 Å². The van der Waals surface area contributed by atoms with Crippen LogP contribution in [0.1, 0.15) is 32.1 Å². The molecule has 0 saturated carbocycles. The minimum Gasteiger partial charge on any atom is -0.467 e. The topological polar surface area (TPSA) is 55.8 Å². The number of esters is 1. The van der Waals surface area contributed by atoms with Gasteiger partial charge in [0, 0.05) is 26.7 Å². The highest BCUT2D eigenvalue weighted by molar-refractivity contribution is 5.84. The van der Waals surface area contributed by atoms with Crippen LogP contribution in [0.5, 0.6) is 0 Å². The van der Waals surface area contributed by atoms with Crippen molar-refractivity contribution in [2.45, 2.75) is 38.1 Å². The lowest BCUT2D eigenvalue weighted by atomic mass is 10.0. The summed E-state index contributed by atoms with van der Waals surface area (Å²) < 4.78 is 9.65. The maximum absolute atomic E-state index is 12.0. The van der Waals surface area contributed by atoms with Crippen molar-refractivity contribution in [1.29, 1.82) is 0 Å². The van der Waals surface area contributed by atoms with E-state index in [1.165, 1.54) is 7.11 Å². The molecule has 5 heteroatoms. The van der Waals surface area contributed by atoms with Gasteiger partial charge in [-0.25, -0.2) is 4.79 Å². The van der Waals surface area contributed by atoms with Crippen molar-refractivity contribution in [2.24, 2.45) is 0 Å². The molecule has 1 saturated heterocycles. The van der Waals surface area contributed by atoms with Gasteiger partial charge in [0.15, 0.2) is 0 Å². The number of nitrogens with zero attached hydrogens (tertiary/aromatic N) is 1. The van der Waals surface area contributed by atoms with E-state index in [0.29, 0.717) is 32.4 Å². The molecule has 1 amide bonds. The zero-order valence-electron chi connectivity index (χ0n) is 10.6. The van der Waals surface area contributed by atoms with Gasteiger partial charge >= 0.3 is 5.97 Å². The highest BCUT2D eigenvalue weighted by atomic mass is 16.5. The van der Waals surface area contributed by atoms with Gasteiger partial charge in [-0.1, -0.05) is 0 Å². The Kier molecular flexibility index (Phi) is 5.97. The van der Waals surface area contributed by atoms with E-state index in [2.05, 4.69) is 0 Å². The molecule has 0 bridgehead atoms. The standard InChI is InChI=1S/C12H21NO4/c1-16-9-5-7-11(14)13-8-4-3-6-10(13)12(15)17-2/h10H,3-9H2,1-2H3/t10-/m1/s1. The molecule has 0 aliphatic carbocycles. The van der Waals surface area contributed by atoms with Crippen molar-refractivity contribution in [3.8, 4) is 0 Å². The molecule has 0 unspecified atom stereocenters. The average Bonchev–Trinajstić information content (AvgIpc) is 2.38. The van der Waals surface area contributed by atoms with E-state index in [0.717, 1.165) is 12.8 Å². The second kappa shape index (κ2) is 7.27. The van der Waals surface area contributed by atoms with Gasteiger partial charge in [-0.2, -0.15) is 0 Å². The molecule has 17 heavy (non-hydrogen) atoms. The van der Waals surface area contributed by atoms with Crippen LogP contribution in [0.4, 0.5) is 0 Å². The van der Waals surface area contributed by atoms with E-state index in [-0.39, 0.29) is 17.9 Å². The van der Waals surface area contributed by atoms with Crippen LogP contribution in [-0.4, -0.2) is 50.2 Å². The summed E-state index contributed by atoms with van der Waals surface area (Å²) in [4.78, 5) is 25.2. The fourth-order valence-corrected chi connectivity index (χ4v) is 2.12. The molecule has 5 nitrogen and oxygen atoms in total. The SMILES string of the molecule is COCCCC(=O)N1CCCC[C@@H]1C(=O)OC. The lowest BCUT2D eigenvalue weighted by Crippen LogP contribution is -2.48. The van der Waals surface area contributed by atoms with Crippen LogP contribution in [0.2, 0.25) is 0 Å². The van der Waals surface area contributed by atoms with E-state index < -0.39 is 0 Å². The molecule has 0 N–H and O–H groups in total. The first kappa shape index (κ1) is 14.0. The first-order valence-electron chi connectivity index (χ1n) is 6.07. The molecular weight excluding hydrogens is 222 g/mol.